The molecule has 112 valence electrons. The van der Waals surface area contributed by atoms with Gasteiger partial charge in [0.2, 0.25) is 0 Å². The number of benzene rings is 1. The minimum Gasteiger partial charge on any atom is -0.311 e. The van der Waals surface area contributed by atoms with Crippen molar-refractivity contribution >= 4 is 0 Å². The van der Waals surface area contributed by atoms with Crippen LogP contribution < -0.4 is 5.32 Å². The Bertz CT molecular complexity index is 376. The number of rotatable bonds is 6. The third-order valence-electron chi connectivity index (χ3n) is 4.60. The van der Waals surface area contributed by atoms with E-state index in [1.54, 1.807) is 0 Å². The fourth-order valence-electron chi connectivity index (χ4n) is 3.30. The van der Waals surface area contributed by atoms with Gasteiger partial charge in [0.1, 0.15) is 0 Å². The molecule has 0 aliphatic carbocycles. The summed E-state index contributed by atoms with van der Waals surface area (Å²) in [5, 5.41) is 3.69. The van der Waals surface area contributed by atoms with Gasteiger partial charge < -0.3 is 5.32 Å². The molecule has 1 aromatic rings. The quantitative estimate of drug-likeness (QED) is 0.854. The molecule has 1 N–H and O–H groups in total. The largest absolute Gasteiger partial charge is 0.311 e. The van der Waals surface area contributed by atoms with E-state index >= 15 is 0 Å². The van der Waals surface area contributed by atoms with E-state index in [0.29, 0.717) is 18.1 Å². The second kappa shape index (κ2) is 7.80. The lowest BCUT2D eigenvalue weighted by Gasteiger charge is -2.42. The van der Waals surface area contributed by atoms with Crippen molar-refractivity contribution in [2.45, 2.75) is 64.6 Å². The number of hydrogen-bond donors (Lipinski definition) is 1. The van der Waals surface area contributed by atoms with Crippen LogP contribution in [-0.2, 0) is 6.42 Å². The molecular formula is C18H30N2. The van der Waals surface area contributed by atoms with Gasteiger partial charge in [-0.05, 0) is 38.7 Å². The summed E-state index contributed by atoms with van der Waals surface area (Å²) >= 11 is 0. The van der Waals surface area contributed by atoms with Gasteiger partial charge in [-0.3, -0.25) is 4.90 Å². The summed E-state index contributed by atoms with van der Waals surface area (Å²) in [5.74, 6) is 0. The van der Waals surface area contributed by atoms with Gasteiger partial charge in [0, 0.05) is 31.2 Å². The molecule has 1 aromatic carbocycles. The number of hydrogen-bond acceptors (Lipinski definition) is 2. The molecule has 2 rings (SSSR count). The number of aryl methyl sites for hydroxylation is 1. The zero-order valence-corrected chi connectivity index (χ0v) is 13.3. The molecule has 0 radical (unpaired) electrons. The van der Waals surface area contributed by atoms with Crippen LogP contribution in [0.15, 0.2) is 30.3 Å². The highest BCUT2D eigenvalue weighted by Crippen LogP contribution is 2.17. The maximum absolute atomic E-state index is 3.69. The predicted octanol–water partition coefficient (Wildman–Crippen LogP) is 3.47. The normalized spacial score (nSPS) is 25.6. The number of piperazine rings is 1. The molecule has 1 aliphatic heterocycles. The summed E-state index contributed by atoms with van der Waals surface area (Å²) in [7, 11) is 0. The van der Waals surface area contributed by atoms with E-state index in [9.17, 15) is 0 Å². The maximum atomic E-state index is 3.69. The lowest BCUT2D eigenvalue weighted by molar-refractivity contribution is 0.0918. The van der Waals surface area contributed by atoms with Gasteiger partial charge in [-0.2, -0.15) is 0 Å². The van der Waals surface area contributed by atoms with E-state index in [4.69, 9.17) is 0 Å². The van der Waals surface area contributed by atoms with Crippen molar-refractivity contribution in [3.8, 4) is 0 Å². The zero-order chi connectivity index (χ0) is 14.4. The van der Waals surface area contributed by atoms with E-state index in [1.165, 1.54) is 37.8 Å². The average molecular weight is 274 g/mol. The lowest BCUT2D eigenvalue weighted by Crippen LogP contribution is -2.57. The van der Waals surface area contributed by atoms with Crippen LogP contribution in [0.1, 0.15) is 45.6 Å². The van der Waals surface area contributed by atoms with Crippen molar-refractivity contribution in [2.75, 3.05) is 13.1 Å². The highest BCUT2D eigenvalue weighted by atomic mass is 15.2. The third kappa shape index (κ3) is 4.32. The Hall–Kier alpha value is -0.860. The summed E-state index contributed by atoms with van der Waals surface area (Å²) in [6.07, 6.45) is 5.03. The lowest BCUT2D eigenvalue weighted by atomic mass is 10.00. The molecule has 0 spiro atoms. The van der Waals surface area contributed by atoms with Gasteiger partial charge in [0.15, 0.2) is 0 Å². The van der Waals surface area contributed by atoms with Crippen molar-refractivity contribution in [3.63, 3.8) is 0 Å². The Kier molecular flexibility index (Phi) is 6.06. The van der Waals surface area contributed by atoms with E-state index in [0.717, 1.165) is 6.54 Å². The molecule has 0 aromatic heterocycles. The van der Waals surface area contributed by atoms with E-state index in [-0.39, 0.29) is 0 Å². The first-order valence-electron chi connectivity index (χ1n) is 8.23. The molecule has 0 saturated carbocycles. The SMILES string of the molecule is CCCC1CN(C(C)CCc2ccccc2)C(C)CN1. The van der Waals surface area contributed by atoms with Crippen LogP contribution in [0.25, 0.3) is 0 Å². The summed E-state index contributed by atoms with van der Waals surface area (Å²) in [4.78, 5) is 2.71. The Labute approximate surface area is 124 Å². The molecule has 3 atom stereocenters. The molecule has 20 heavy (non-hydrogen) atoms. The van der Waals surface area contributed by atoms with Crippen LogP contribution in [0.5, 0.6) is 0 Å². The van der Waals surface area contributed by atoms with Crippen LogP contribution in [0, 0.1) is 0 Å². The molecular weight excluding hydrogens is 244 g/mol. The molecule has 2 nitrogen and oxygen atoms in total. The third-order valence-corrected chi connectivity index (χ3v) is 4.60. The first-order chi connectivity index (χ1) is 9.70. The molecule has 2 heteroatoms. The van der Waals surface area contributed by atoms with Gasteiger partial charge in [-0.1, -0.05) is 43.7 Å². The molecule has 1 heterocycles. The van der Waals surface area contributed by atoms with Crippen LogP contribution in [0.2, 0.25) is 0 Å². The van der Waals surface area contributed by atoms with Crippen molar-refractivity contribution in [1.82, 2.24) is 10.2 Å². The topological polar surface area (TPSA) is 15.3 Å². The zero-order valence-electron chi connectivity index (χ0n) is 13.3. The van der Waals surface area contributed by atoms with Crippen molar-refractivity contribution < 1.29 is 0 Å². The Morgan fingerprint density at radius 1 is 1.30 bits per heavy atom. The molecule has 0 amide bonds. The van der Waals surface area contributed by atoms with Gasteiger partial charge in [0.05, 0.1) is 0 Å². The van der Waals surface area contributed by atoms with E-state index in [2.05, 4.69) is 61.3 Å². The van der Waals surface area contributed by atoms with Gasteiger partial charge in [-0.15, -0.1) is 0 Å². The van der Waals surface area contributed by atoms with Gasteiger partial charge in [0.25, 0.3) is 0 Å². The minimum absolute atomic E-state index is 0.661. The Balaban J connectivity index is 1.85. The van der Waals surface area contributed by atoms with Crippen LogP contribution in [-0.4, -0.2) is 36.1 Å². The van der Waals surface area contributed by atoms with Crippen molar-refractivity contribution in [3.05, 3.63) is 35.9 Å². The maximum Gasteiger partial charge on any atom is 0.0195 e. The predicted molar refractivity (Wildman–Crippen MR) is 87.1 cm³/mol. The monoisotopic (exact) mass is 274 g/mol. The molecule has 1 saturated heterocycles. The number of nitrogens with zero attached hydrogens (tertiary/aromatic N) is 1. The van der Waals surface area contributed by atoms with E-state index in [1.807, 2.05) is 0 Å². The molecule has 1 aliphatic rings. The smallest absolute Gasteiger partial charge is 0.0195 e. The van der Waals surface area contributed by atoms with Crippen LogP contribution >= 0.6 is 0 Å². The highest BCUT2D eigenvalue weighted by Gasteiger charge is 2.27. The average Bonchev–Trinajstić information content (AvgIpc) is 2.48. The van der Waals surface area contributed by atoms with Crippen LogP contribution in [0.3, 0.4) is 0 Å². The highest BCUT2D eigenvalue weighted by molar-refractivity contribution is 5.14. The fourth-order valence-corrected chi connectivity index (χ4v) is 3.30. The van der Waals surface area contributed by atoms with Gasteiger partial charge >= 0.3 is 0 Å². The fraction of sp³-hybridized carbons (Fsp3) is 0.667. The van der Waals surface area contributed by atoms with Gasteiger partial charge in [-0.25, -0.2) is 0 Å². The van der Waals surface area contributed by atoms with Crippen molar-refractivity contribution in [2.24, 2.45) is 0 Å². The minimum atomic E-state index is 0.661. The molecule has 3 unspecified atom stereocenters. The second-order valence-electron chi connectivity index (χ2n) is 6.31. The molecule has 0 bridgehead atoms. The summed E-state index contributed by atoms with van der Waals surface area (Å²) in [6, 6.07) is 12.9. The Morgan fingerprint density at radius 2 is 2.05 bits per heavy atom. The van der Waals surface area contributed by atoms with Crippen molar-refractivity contribution in [1.29, 1.82) is 0 Å². The summed E-state index contributed by atoms with van der Waals surface area (Å²) in [6.45, 7) is 9.39. The first-order valence-corrected chi connectivity index (χ1v) is 8.23. The summed E-state index contributed by atoms with van der Waals surface area (Å²) in [5.41, 5.74) is 1.47. The Morgan fingerprint density at radius 3 is 2.75 bits per heavy atom. The number of nitrogens with one attached hydrogen (secondary N) is 1. The first kappa shape index (κ1) is 15.5. The summed E-state index contributed by atoms with van der Waals surface area (Å²) < 4.78 is 0. The molecule has 1 fully saturated rings. The van der Waals surface area contributed by atoms with E-state index < -0.39 is 0 Å². The second-order valence-corrected chi connectivity index (χ2v) is 6.31. The standard InChI is InChI=1S/C18H30N2/c1-4-8-18-14-20(16(3)13-19-18)15(2)11-12-17-9-6-5-7-10-17/h5-7,9-10,15-16,18-19H,4,8,11-14H2,1-3H3. The van der Waals surface area contributed by atoms with Crippen LogP contribution in [0.4, 0.5) is 0 Å².